The maximum Gasteiger partial charge on any atom is 1.00 e. The van der Waals surface area contributed by atoms with Gasteiger partial charge in [-0.2, -0.15) is 0 Å². The molecule has 0 amide bonds. The van der Waals surface area contributed by atoms with Crippen LogP contribution in [0.4, 0.5) is 0 Å². The van der Waals surface area contributed by atoms with Crippen LogP contribution in [0, 0.1) is 0 Å². The van der Waals surface area contributed by atoms with E-state index in [1.165, 1.54) is 24.3 Å². The molecule has 66 valence electrons. The van der Waals surface area contributed by atoms with Crippen molar-refractivity contribution in [3.8, 4) is 0 Å². The van der Waals surface area contributed by atoms with Crippen LogP contribution in [0.2, 0.25) is 0 Å². The van der Waals surface area contributed by atoms with Crippen molar-refractivity contribution in [2.24, 2.45) is 0 Å². The summed E-state index contributed by atoms with van der Waals surface area (Å²) in [6.07, 6.45) is 0. The van der Waals surface area contributed by atoms with Gasteiger partial charge in [-0.25, -0.2) is 8.42 Å². The van der Waals surface area contributed by atoms with E-state index in [4.69, 9.17) is 4.79 Å². The zero-order valence-electron chi connectivity index (χ0n) is 7.14. The molecule has 0 atom stereocenters. The van der Waals surface area contributed by atoms with Crippen LogP contribution in [-0.4, -0.2) is 19.8 Å². The Bertz CT molecular complexity index is 322. The standard InChI is InChI=1S/C6H6O3S.CH2O.Na/c7-10(8,9)6-4-2-1-3-5-6;1-2;/h1-5H,(H,7,8,9);1H2;/q;;+1/p-1. The molecule has 0 spiro atoms. The van der Waals surface area contributed by atoms with Crippen molar-refractivity contribution in [3.05, 3.63) is 30.3 Å². The Morgan fingerprint density at radius 1 is 1.08 bits per heavy atom. The van der Waals surface area contributed by atoms with Crippen LogP contribution in [0.15, 0.2) is 35.2 Å². The van der Waals surface area contributed by atoms with Crippen molar-refractivity contribution >= 4 is 16.9 Å². The number of benzene rings is 1. The third-order valence-electron chi connectivity index (χ3n) is 1.03. The monoisotopic (exact) mass is 210 g/mol. The molecule has 0 aliphatic heterocycles. The van der Waals surface area contributed by atoms with E-state index in [1.807, 2.05) is 6.79 Å². The summed E-state index contributed by atoms with van der Waals surface area (Å²) in [4.78, 5) is 7.81. The largest absolute Gasteiger partial charge is 1.00 e. The predicted molar refractivity (Wildman–Crippen MR) is 41.5 cm³/mol. The van der Waals surface area contributed by atoms with Gasteiger partial charge in [0.2, 0.25) is 0 Å². The van der Waals surface area contributed by atoms with Crippen molar-refractivity contribution in [2.45, 2.75) is 4.90 Å². The van der Waals surface area contributed by atoms with Gasteiger partial charge in [-0.15, -0.1) is 0 Å². The Balaban J connectivity index is 0. The summed E-state index contributed by atoms with van der Waals surface area (Å²) in [6.45, 7) is 2.00. The smallest absolute Gasteiger partial charge is 0.744 e. The van der Waals surface area contributed by atoms with Gasteiger partial charge in [-0.05, 0) is 12.1 Å². The first-order valence-corrected chi connectivity index (χ1v) is 4.31. The first-order chi connectivity index (χ1) is 5.61. The van der Waals surface area contributed by atoms with E-state index in [9.17, 15) is 13.0 Å². The molecule has 1 aromatic rings. The van der Waals surface area contributed by atoms with Crippen LogP contribution in [0.5, 0.6) is 0 Å². The summed E-state index contributed by atoms with van der Waals surface area (Å²) in [5.41, 5.74) is 0. The molecule has 0 aliphatic rings. The van der Waals surface area contributed by atoms with Crippen LogP contribution in [-0.2, 0) is 14.9 Å². The van der Waals surface area contributed by atoms with E-state index in [0.717, 1.165) is 0 Å². The third-order valence-corrected chi connectivity index (χ3v) is 1.88. The Morgan fingerprint density at radius 3 is 1.69 bits per heavy atom. The summed E-state index contributed by atoms with van der Waals surface area (Å²) in [6, 6.07) is 7.19. The minimum atomic E-state index is -4.25. The zero-order chi connectivity index (χ0) is 9.61. The first kappa shape index (κ1) is 15.3. The van der Waals surface area contributed by atoms with E-state index in [0.29, 0.717) is 0 Å². The van der Waals surface area contributed by atoms with E-state index in [-0.39, 0.29) is 34.5 Å². The molecule has 0 saturated carbocycles. The molecule has 0 aliphatic carbocycles. The fraction of sp³-hybridized carbons (Fsp3) is 0. The third kappa shape index (κ3) is 5.95. The molecule has 0 aromatic heterocycles. The zero-order valence-corrected chi connectivity index (χ0v) is 9.95. The maximum absolute atomic E-state index is 10.3. The van der Waals surface area contributed by atoms with Gasteiger partial charge in [0, 0.05) is 0 Å². The Labute approximate surface area is 99.0 Å². The number of hydrogen-bond donors (Lipinski definition) is 0. The quantitative estimate of drug-likeness (QED) is 0.376. The number of carbonyl (C=O) groups is 1. The molecule has 0 radical (unpaired) electrons. The summed E-state index contributed by atoms with van der Waals surface area (Å²) >= 11 is 0. The Kier molecular flexibility index (Phi) is 8.49. The van der Waals surface area contributed by atoms with Crippen molar-refractivity contribution in [3.63, 3.8) is 0 Å². The number of carbonyl (C=O) groups excluding carboxylic acids is 1. The molecular formula is C7H7NaO4S. The van der Waals surface area contributed by atoms with Gasteiger partial charge in [-0.1, -0.05) is 18.2 Å². The van der Waals surface area contributed by atoms with E-state index >= 15 is 0 Å². The van der Waals surface area contributed by atoms with Gasteiger partial charge in [0.05, 0.1) is 4.90 Å². The van der Waals surface area contributed by atoms with E-state index in [1.54, 1.807) is 6.07 Å². The van der Waals surface area contributed by atoms with Crippen LogP contribution in [0.25, 0.3) is 0 Å². The summed E-state index contributed by atoms with van der Waals surface area (Å²) in [5, 5.41) is 0. The molecule has 1 aromatic carbocycles. The van der Waals surface area contributed by atoms with Crippen LogP contribution < -0.4 is 29.6 Å². The second-order valence-corrected chi connectivity index (χ2v) is 3.15. The van der Waals surface area contributed by atoms with Gasteiger partial charge in [0.1, 0.15) is 16.9 Å². The van der Waals surface area contributed by atoms with Crippen molar-refractivity contribution < 1.29 is 47.3 Å². The number of hydrogen-bond acceptors (Lipinski definition) is 4. The van der Waals surface area contributed by atoms with E-state index < -0.39 is 10.1 Å². The summed E-state index contributed by atoms with van der Waals surface area (Å²) in [7, 11) is -4.25. The Morgan fingerprint density at radius 2 is 1.46 bits per heavy atom. The number of rotatable bonds is 1. The molecular weight excluding hydrogens is 203 g/mol. The van der Waals surface area contributed by atoms with Gasteiger partial charge in [0.25, 0.3) is 0 Å². The van der Waals surface area contributed by atoms with Crippen molar-refractivity contribution in [2.75, 3.05) is 0 Å². The first-order valence-electron chi connectivity index (χ1n) is 2.90. The minimum absolute atomic E-state index is 0. The maximum atomic E-state index is 10.3. The fourth-order valence-electron chi connectivity index (χ4n) is 0.587. The second-order valence-electron chi connectivity index (χ2n) is 1.77. The Hall–Kier alpha value is -0.200. The van der Waals surface area contributed by atoms with Gasteiger partial charge < -0.3 is 9.35 Å². The van der Waals surface area contributed by atoms with Crippen LogP contribution in [0.3, 0.4) is 0 Å². The van der Waals surface area contributed by atoms with Gasteiger partial charge in [-0.3, -0.25) is 0 Å². The molecule has 0 bridgehead atoms. The topological polar surface area (TPSA) is 74.3 Å². The van der Waals surface area contributed by atoms with Gasteiger partial charge >= 0.3 is 29.6 Å². The summed E-state index contributed by atoms with van der Waals surface area (Å²) < 4.78 is 30.8. The average molecular weight is 210 g/mol. The second kappa shape index (κ2) is 7.23. The average Bonchev–Trinajstić information content (AvgIpc) is 2.08. The normalized spacial score (nSPS) is 9.00. The molecule has 0 unspecified atom stereocenters. The molecule has 4 nitrogen and oxygen atoms in total. The predicted octanol–water partition coefficient (Wildman–Crippen LogP) is -2.59. The molecule has 0 fully saturated rings. The van der Waals surface area contributed by atoms with Crippen molar-refractivity contribution in [1.82, 2.24) is 0 Å². The SMILES string of the molecule is C=O.O=S(=O)([O-])c1ccccc1.[Na+]. The fourth-order valence-corrected chi connectivity index (χ4v) is 1.08. The van der Waals surface area contributed by atoms with E-state index in [2.05, 4.69) is 0 Å². The summed E-state index contributed by atoms with van der Waals surface area (Å²) in [5.74, 6) is 0. The molecule has 0 N–H and O–H groups in total. The molecule has 13 heavy (non-hydrogen) atoms. The molecule has 0 saturated heterocycles. The molecule has 1 rings (SSSR count). The van der Waals surface area contributed by atoms with Crippen LogP contribution >= 0.6 is 0 Å². The van der Waals surface area contributed by atoms with Crippen molar-refractivity contribution in [1.29, 1.82) is 0 Å². The van der Waals surface area contributed by atoms with Crippen LogP contribution in [0.1, 0.15) is 0 Å². The van der Waals surface area contributed by atoms with Gasteiger partial charge in [0.15, 0.2) is 0 Å². The molecule has 0 heterocycles. The minimum Gasteiger partial charge on any atom is -0.744 e. The molecule has 6 heteroatoms.